The minimum atomic E-state index is -0.206. The van der Waals surface area contributed by atoms with E-state index in [9.17, 15) is 4.79 Å². The summed E-state index contributed by atoms with van der Waals surface area (Å²) in [6.45, 7) is 2.65. The Balaban J connectivity index is 2.01. The molecule has 2 amide bonds. The number of urea groups is 1. The molecule has 2 N–H and O–H groups in total. The van der Waals surface area contributed by atoms with Crippen molar-refractivity contribution in [3.63, 3.8) is 0 Å². The Morgan fingerprint density at radius 1 is 1.20 bits per heavy atom. The van der Waals surface area contributed by atoms with Crippen LogP contribution in [0.3, 0.4) is 0 Å². The predicted octanol–water partition coefficient (Wildman–Crippen LogP) is 2.09. The van der Waals surface area contributed by atoms with E-state index in [1.807, 2.05) is 6.92 Å². The number of nitrogens with zero attached hydrogens (tertiary/aromatic N) is 2. The van der Waals surface area contributed by atoms with E-state index >= 15 is 0 Å². The summed E-state index contributed by atoms with van der Waals surface area (Å²) in [5, 5.41) is 2.86. The maximum absolute atomic E-state index is 12.2. The van der Waals surface area contributed by atoms with Crippen LogP contribution in [0.5, 0.6) is 17.2 Å². The number of ether oxygens (including phenoxy) is 3. The molecule has 8 nitrogen and oxygen atoms in total. The highest BCUT2D eigenvalue weighted by Crippen LogP contribution is 2.38. The Morgan fingerprint density at radius 3 is 2.32 bits per heavy atom. The van der Waals surface area contributed by atoms with E-state index in [1.54, 1.807) is 51.6 Å². The Morgan fingerprint density at radius 2 is 1.84 bits per heavy atom. The van der Waals surface area contributed by atoms with Crippen molar-refractivity contribution in [2.24, 2.45) is 0 Å². The zero-order valence-electron chi connectivity index (χ0n) is 15.2. The van der Waals surface area contributed by atoms with Gasteiger partial charge in [-0.05, 0) is 24.6 Å². The molecule has 0 radical (unpaired) electrons. The van der Waals surface area contributed by atoms with Gasteiger partial charge in [-0.3, -0.25) is 0 Å². The average molecular weight is 348 g/mol. The van der Waals surface area contributed by atoms with E-state index in [0.29, 0.717) is 30.3 Å². The van der Waals surface area contributed by atoms with Gasteiger partial charge < -0.3 is 29.4 Å². The predicted molar refractivity (Wildman–Crippen MR) is 93.1 cm³/mol. The highest BCUT2D eigenvalue weighted by molar-refractivity contribution is 5.73. The summed E-state index contributed by atoms with van der Waals surface area (Å²) in [6.07, 6.45) is 1.73. The molecule has 0 aliphatic heterocycles. The largest absolute Gasteiger partial charge is 0.493 e. The van der Waals surface area contributed by atoms with E-state index in [-0.39, 0.29) is 6.03 Å². The molecule has 25 heavy (non-hydrogen) atoms. The van der Waals surface area contributed by atoms with Crippen LogP contribution >= 0.6 is 0 Å². The van der Waals surface area contributed by atoms with Gasteiger partial charge in [0.2, 0.25) is 5.75 Å². The maximum Gasteiger partial charge on any atom is 0.317 e. The summed E-state index contributed by atoms with van der Waals surface area (Å²) >= 11 is 0. The molecule has 0 spiro atoms. The zero-order chi connectivity index (χ0) is 18.4. The number of imidazole rings is 1. The van der Waals surface area contributed by atoms with Crippen molar-refractivity contribution in [1.29, 1.82) is 0 Å². The van der Waals surface area contributed by atoms with Crippen molar-refractivity contribution < 1.29 is 19.0 Å². The van der Waals surface area contributed by atoms with E-state index < -0.39 is 0 Å². The number of methoxy groups -OCH3 is 3. The number of nitrogens with one attached hydrogen (secondary N) is 2. The van der Waals surface area contributed by atoms with Gasteiger partial charge in [-0.2, -0.15) is 0 Å². The number of benzene rings is 1. The molecule has 0 saturated heterocycles. The SMILES string of the molecule is COc1cc(CNC(=O)N(C)Cc2ncc(C)[nH]2)cc(OC)c1OC. The standard InChI is InChI=1S/C17H24N4O4/c1-11-8-18-15(20-11)10-21(2)17(22)19-9-12-6-13(23-3)16(25-5)14(7-12)24-4/h6-8H,9-10H2,1-5H3,(H,18,20)(H,19,22). The van der Waals surface area contributed by atoms with Crippen molar-refractivity contribution in [2.45, 2.75) is 20.0 Å². The van der Waals surface area contributed by atoms with Gasteiger partial charge in [0.1, 0.15) is 5.82 Å². The summed E-state index contributed by atoms with van der Waals surface area (Å²) in [7, 11) is 6.37. The topological polar surface area (TPSA) is 88.7 Å². The van der Waals surface area contributed by atoms with E-state index in [2.05, 4.69) is 15.3 Å². The number of hydrogen-bond donors (Lipinski definition) is 2. The summed E-state index contributed by atoms with van der Waals surface area (Å²) in [4.78, 5) is 21.1. The van der Waals surface area contributed by atoms with Crippen molar-refractivity contribution in [1.82, 2.24) is 20.2 Å². The molecule has 0 unspecified atom stereocenters. The number of aryl methyl sites for hydroxylation is 1. The van der Waals surface area contributed by atoms with Crippen molar-refractivity contribution >= 4 is 6.03 Å². The zero-order valence-corrected chi connectivity index (χ0v) is 15.2. The number of aromatic nitrogens is 2. The van der Waals surface area contributed by atoms with Gasteiger partial charge in [0.15, 0.2) is 11.5 Å². The highest BCUT2D eigenvalue weighted by Gasteiger charge is 2.15. The minimum absolute atomic E-state index is 0.206. The fourth-order valence-electron chi connectivity index (χ4n) is 2.39. The van der Waals surface area contributed by atoms with Crippen LogP contribution in [0.2, 0.25) is 0 Å². The molecule has 1 aromatic heterocycles. The third-order valence-corrected chi connectivity index (χ3v) is 3.66. The highest BCUT2D eigenvalue weighted by atomic mass is 16.5. The second kappa shape index (κ2) is 8.27. The molecule has 1 aromatic carbocycles. The van der Waals surface area contributed by atoms with Crippen LogP contribution in [-0.2, 0) is 13.1 Å². The van der Waals surface area contributed by atoms with E-state index in [1.165, 1.54) is 0 Å². The molecule has 2 aromatic rings. The third-order valence-electron chi connectivity index (χ3n) is 3.66. The molecule has 1 heterocycles. The lowest BCUT2D eigenvalue weighted by Gasteiger charge is -2.18. The molecular formula is C17H24N4O4. The third kappa shape index (κ3) is 4.56. The summed E-state index contributed by atoms with van der Waals surface area (Å²) in [5.74, 6) is 2.35. The normalized spacial score (nSPS) is 10.3. The molecule has 0 aliphatic rings. The van der Waals surface area contributed by atoms with Gasteiger partial charge in [-0.25, -0.2) is 9.78 Å². The van der Waals surface area contributed by atoms with Crippen molar-refractivity contribution in [2.75, 3.05) is 28.4 Å². The number of aromatic amines is 1. The number of amides is 2. The molecule has 136 valence electrons. The number of rotatable bonds is 7. The molecular weight excluding hydrogens is 324 g/mol. The number of carbonyl (C=O) groups is 1. The lowest BCUT2D eigenvalue weighted by Crippen LogP contribution is -2.36. The Kier molecular flexibility index (Phi) is 6.10. The molecule has 0 bridgehead atoms. The van der Waals surface area contributed by atoms with E-state index in [0.717, 1.165) is 17.1 Å². The summed E-state index contributed by atoms with van der Waals surface area (Å²) in [6, 6.07) is 3.40. The van der Waals surface area contributed by atoms with Gasteiger partial charge in [0.05, 0.1) is 27.9 Å². The minimum Gasteiger partial charge on any atom is -0.493 e. The van der Waals surface area contributed by atoms with Gasteiger partial charge in [-0.15, -0.1) is 0 Å². The first-order chi connectivity index (χ1) is 12.0. The fraction of sp³-hybridized carbons (Fsp3) is 0.412. The van der Waals surface area contributed by atoms with Crippen molar-refractivity contribution in [3.05, 3.63) is 35.4 Å². The molecule has 0 atom stereocenters. The van der Waals surface area contributed by atoms with Crippen LogP contribution in [0.15, 0.2) is 18.3 Å². The fourth-order valence-corrected chi connectivity index (χ4v) is 2.39. The Labute approximate surface area is 147 Å². The Hall–Kier alpha value is -2.90. The van der Waals surface area contributed by atoms with E-state index in [4.69, 9.17) is 14.2 Å². The number of H-pyrrole nitrogens is 1. The second-order valence-corrected chi connectivity index (χ2v) is 5.56. The number of hydrogen-bond acceptors (Lipinski definition) is 5. The van der Waals surface area contributed by atoms with Crippen LogP contribution in [0.25, 0.3) is 0 Å². The first-order valence-electron chi connectivity index (χ1n) is 7.76. The van der Waals surface area contributed by atoms with Crippen LogP contribution in [0, 0.1) is 6.92 Å². The monoisotopic (exact) mass is 348 g/mol. The molecule has 0 fully saturated rings. The molecule has 8 heteroatoms. The maximum atomic E-state index is 12.2. The van der Waals surface area contributed by atoms with Crippen LogP contribution in [0.4, 0.5) is 4.79 Å². The first kappa shape index (κ1) is 18.4. The van der Waals surface area contributed by atoms with Crippen LogP contribution in [-0.4, -0.2) is 49.3 Å². The smallest absolute Gasteiger partial charge is 0.317 e. The summed E-state index contributed by atoms with van der Waals surface area (Å²) < 4.78 is 15.9. The lowest BCUT2D eigenvalue weighted by atomic mass is 10.2. The van der Waals surface area contributed by atoms with Crippen LogP contribution in [0.1, 0.15) is 17.1 Å². The summed E-state index contributed by atoms with van der Waals surface area (Å²) in [5.41, 5.74) is 1.80. The molecule has 2 rings (SSSR count). The molecule has 0 aliphatic carbocycles. The van der Waals surface area contributed by atoms with Gasteiger partial charge in [0, 0.05) is 25.5 Å². The van der Waals surface area contributed by atoms with Crippen LogP contribution < -0.4 is 19.5 Å². The quantitative estimate of drug-likeness (QED) is 0.800. The van der Waals surface area contributed by atoms with Crippen molar-refractivity contribution in [3.8, 4) is 17.2 Å². The number of carbonyl (C=O) groups excluding carboxylic acids is 1. The first-order valence-corrected chi connectivity index (χ1v) is 7.76. The van der Waals surface area contributed by atoms with Gasteiger partial charge in [-0.1, -0.05) is 0 Å². The second-order valence-electron chi connectivity index (χ2n) is 5.56. The Bertz CT molecular complexity index is 704. The molecule has 0 saturated carbocycles. The lowest BCUT2D eigenvalue weighted by molar-refractivity contribution is 0.205. The average Bonchev–Trinajstić information content (AvgIpc) is 3.03. The van der Waals surface area contributed by atoms with Gasteiger partial charge in [0.25, 0.3) is 0 Å². The van der Waals surface area contributed by atoms with Gasteiger partial charge >= 0.3 is 6.03 Å².